The second-order valence-corrected chi connectivity index (χ2v) is 5.33. The molecule has 1 amide bonds. The average molecular weight is 304 g/mol. The molecule has 1 atom stereocenters. The lowest BCUT2D eigenvalue weighted by Crippen LogP contribution is -2.30. The number of aryl methyl sites for hydroxylation is 1. The summed E-state index contributed by atoms with van der Waals surface area (Å²) in [6.45, 7) is 5.70. The number of halogens is 1. The Labute approximate surface area is 129 Å². The van der Waals surface area contributed by atoms with E-state index >= 15 is 0 Å². The van der Waals surface area contributed by atoms with Crippen LogP contribution in [0.4, 0.5) is 5.69 Å². The van der Waals surface area contributed by atoms with Crippen LogP contribution in [-0.2, 0) is 4.79 Å². The van der Waals surface area contributed by atoms with Gasteiger partial charge in [0.15, 0.2) is 6.10 Å². The Balaban J connectivity index is 2.06. The third-order valence-electron chi connectivity index (χ3n) is 3.36. The maximum Gasteiger partial charge on any atom is 0.265 e. The molecule has 2 aromatic rings. The summed E-state index contributed by atoms with van der Waals surface area (Å²) in [5.41, 5.74) is 2.75. The van der Waals surface area contributed by atoms with Crippen molar-refractivity contribution >= 4 is 23.2 Å². The molecule has 0 bridgehead atoms. The van der Waals surface area contributed by atoms with Crippen LogP contribution in [0.2, 0.25) is 5.02 Å². The molecule has 1 N–H and O–H groups in total. The van der Waals surface area contributed by atoms with E-state index in [1.54, 1.807) is 19.1 Å². The minimum absolute atomic E-state index is 0.232. The van der Waals surface area contributed by atoms with Crippen LogP contribution >= 0.6 is 11.6 Å². The maximum absolute atomic E-state index is 12.2. The quantitative estimate of drug-likeness (QED) is 0.911. The second-order valence-electron chi connectivity index (χ2n) is 4.93. The number of carbonyl (C=O) groups excluding carboxylic acids is 1. The number of nitrogens with one attached hydrogen (secondary N) is 1. The number of carbonyl (C=O) groups is 1. The van der Waals surface area contributed by atoms with Crippen LogP contribution < -0.4 is 10.1 Å². The van der Waals surface area contributed by atoms with Gasteiger partial charge in [-0.25, -0.2) is 0 Å². The van der Waals surface area contributed by atoms with Crippen molar-refractivity contribution in [2.45, 2.75) is 26.9 Å². The van der Waals surface area contributed by atoms with Crippen LogP contribution in [0.5, 0.6) is 5.75 Å². The lowest BCUT2D eigenvalue weighted by atomic mass is 10.1. The number of hydrogen-bond donors (Lipinski definition) is 1. The van der Waals surface area contributed by atoms with Crippen LogP contribution in [0.3, 0.4) is 0 Å². The number of anilines is 1. The van der Waals surface area contributed by atoms with Crippen molar-refractivity contribution in [2.75, 3.05) is 5.32 Å². The van der Waals surface area contributed by atoms with E-state index in [9.17, 15) is 4.79 Å². The largest absolute Gasteiger partial charge is 0.481 e. The highest BCUT2D eigenvalue weighted by atomic mass is 35.5. The Morgan fingerprint density at radius 1 is 1.14 bits per heavy atom. The zero-order valence-corrected chi connectivity index (χ0v) is 13.1. The molecule has 0 aliphatic carbocycles. The number of benzene rings is 2. The summed E-state index contributed by atoms with van der Waals surface area (Å²) in [6, 6.07) is 12.9. The van der Waals surface area contributed by atoms with Crippen LogP contribution in [-0.4, -0.2) is 12.0 Å². The highest BCUT2D eigenvalue weighted by Gasteiger charge is 2.17. The number of ether oxygens (including phenoxy) is 1. The van der Waals surface area contributed by atoms with Crippen molar-refractivity contribution in [1.82, 2.24) is 0 Å². The SMILES string of the molecule is Cc1cccc(OC(C)C(=O)Nc2ccccc2Cl)c1C. The molecule has 21 heavy (non-hydrogen) atoms. The van der Waals surface area contributed by atoms with E-state index in [-0.39, 0.29) is 5.91 Å². The zero-order chi connectivity index (χ0) is 15.4. The third-order valence-corrected chi connectivity index (χ3v) is 3.69. The van der Waals surface area contributed by atoms with Crippen molar-refractivity contribution in [3.05, 3.63) is 58.6 Å². The Kier molecular flexibility index (Phi) is 4.86. The predicted molar refractivity (Wildman–Crippen MR) is 86.1 cm³/mol. The van der Waals surface area contributed by atoms with Crippen LogP contribution in [0.1, 0.15) is 18.1 Å². The average Bonchev–Trinajstić information content (AvgIpc) is 2.46. The van der Waals surface area contributed by atoms with Crippen LogP contribution in [0.25, 0.3) is 0 Å². The molecule has 2 rings (SSSR count). The normalized spacial score (nSPS) is 11.8. The molecule has 3 nitrogen and oxygen atoms in total. The van der Waals surface area contributed by atoms with Crippen molar-refractivity contribution in [1.29, 1.82) is 0 Å². The molecule has 0 saturated carbocycles. The molecule has 2 aromatic carbocycles. The highest BCUT2D eigenvalue weighted by molar-refractivity contribution is 6.33. The monoisotopic (exact) mass is 303 g/mol. The van der Waals surface area contributed by atoms with E-state index in [0.29, 0.717) is 10.7 Å². The van der Waals surface area contributed by atoms with Gasteiger partial charge in [-0.1, -0.05) is 35.9 Å². The fraction of sp³-hybridized carbons (Fsp3) is 0.235. The summed E-state index contributed by atoms with van der Waals surface area (Å²) in [5.74, 6) is 0.487. The van der Waals surface area contributed by atoms with Gasteiger partial charge in [-0.05, 0) is 50.1 Å². The van der Waals surface area contributed by atoms with E-state index in [1.807, 2.05) is 44.2 Å². The Bertz CT molecular complexity index is 655. The summed E-state index contributed by atoms with van der Waals surface area (Å²) in [4.78, 5) is 12.2. The molecule has 0 heterocycles. The minimum atomic E-state index is -0.609. The van der Waals surface area contributed by atoms with Gasteiger partial charge < -0.3 is 10.1 Å². The number of hydrogen-bond acceptors (Lipinski definition) is 2. The van der Waals surface area contributed by atoms with Crippen LogP contribution in [0.15, 0.2) is 42.5 Å². The van der Waals surface area contributed by atoms with E-state index in [4.69, 9.17) is 16.3 Å². The summed E-state index contributed by atoms with van der Waals surface area (Å²) in [7, 11) is 0. The number of amides is 1. The molecule has 0 radical (unpaired) electrons. The van der Waals surface area contributed by atoms with Crippen molar-refractivity contribution in [2.24, 2.45) is 0 Å². The van der Waals surface area contributed by atoms with E-state index in [0.717, 1.165) is 16.9 Å². The predicted octanol–water partition coefficient (Wildman–Crippen LogP) is 4.36. The second kappa shape index (κ2) is 6.64. The first kappa shape index (κ1) is 15.4. The number of rotatable bonds is 4. The zero-order valence-electron chi connectivity index (χ0n) is 12.3. The molecule has 0 aromatic heterocycles. The Morgan fingerprint density at radius 2 is 1.86 bits per heavy atom. The van der Waals surface area contributed by atoms with Gasteiger partial charge in [-0.3, -0.25) is 4.79 Å². The summed E-state index contributed by atoms with van der Waals surface area (Å²) in [5, 5.41) is 3.27. The minimum Gasteiger partial charge on any atom is -0.481 e. The first-order chi connectivity index (χ1) is 9.99. The van der Waals surface area contributed by atoms with Gasteiger partial charge in [-0.15, -0.1) is 0 Å². The molecule has 4 heteroatoms. The Morgan fingerprint density at radius 3 is 2.57 bits per heavy atom. The first-order valence-electron chi connectivity index (χ1n) is 6.77. The van der Waals surface area contributed by atoms with Gasteiger partial charge in [0, 0.05) is 0 Å². The van der Waals surface area contributed by atoms with E-state index < -0.39 is 6.10 Å². The molecule has 0 fully saturated rings. The summed E-state index contributed by atoms with van der Waals surface area (Å²) in [6.07, 6.45) is -0.609. The lowest BCUT2D eigenvalue weighted by molar-refractivity contribution is -0.122. The molecule has 1 unspecified atom stereocenters. The van der Waals surface area contributed by atoms with Gasteiger partial charge in [0.1, 0.15) is 5.75 Å². The van der Waals surface area contributed by atoms with Crippen molar-refractivity contribution in [3.63, 3.8) is 0 Å². The van der Waals surface area contributed by atoms with Gasteiger partial charge >= 0.3 is 0 Å². The number of para-hydroxylation sites is 1. The summed E-state index contributed by atoms with van der Waals surface area (Å²) < 4.78 is 5.74. The standard InChI is InChI=1S/C17H18ClNO2/c1-11-7-6-10-16(12(11)2)21-13(3)17(20)19-15-9-5-4-8-14(15)18/h4-10,13H,1-3H3,(H,19,20). The molecule has 0 spiro atoms. The highest BCUT2D eigenvalue weighted by Crippen LogP contribution is 2.23. The molecule has 110 valence electrons. The van der Waals surface area contributed by atoms with Gasteiger partial charge in [0.05, 0.1) is 10.7 Å². The molecule has 0 aliphatic heterocycles. The molecule has 0 aliphatic rings. The van der Waals surface area contributed by atoms with E-state index in [2.05, 4.69) is 5.32 Å². The fourth-order valence-electron chi connectivity index (χ4n) is 1.89. The van der Waals surface area contributed by atoms with Gasteiger partial charge in [0.2, 0.25) is 0 Å². The van der Waals surface area contributed by atoms with Gasteiger partial charge in [-0.2, -0.15) is 0 Å². The molecule has 0 saturated heterocycles. The van der Waals surface area contributed by atoms with Crippen molar-refractivity contribution in [3.8, 4) is 5.75 Å². The first-order valence-corrected chi connectivity index (χ1v) is 7.15. The molecular formula is C17H18ClNO2. The summed E-state index contributed by atoms with van der Waals surface area (Å²) >= 11 is 6.02. The van der Waals surface area contributed by atoms with E-state index in [1.165, 1.54) is 0 Å². The topological polar surface area (TPSA) is 38.3 Å². The molecular weight excluding hydrogens is 286 g/mol. The third kappa shape index (κ3) is 3.76. The fourth-order valence-corrected chi connectivity index (χ4v) is 2.08. The smallest absolute Gasteiger partial charge is 0.265 e. The van der Waals surface area contributed by atoms with Crippen LogP contribution in [0, 0.1) is 13.8 Å². The Hall–Kier alpha value is -2.00. The van der Waals surface area contributed by atoms with Gasteiger partial charge in [0.25, 0.3) is 5.91 Å². The lowest BCUT2D eigenvalue weighted by Gasteiger charge is -2.17. The maximum atomic E-state index is 12.2. The van der Waals surface area contributed by atoms with Crippen molar-refractivity contribution < 1.29 is 9.53 Å².